The average Bonchev–Trinajstić information content (AvgIpc) is 3.20. The molecule has 0 fully saturated rings. The molecule has 0 atom stereocenters. The van der Waals surface area contributed by atoms with Gasteiger partial charge < -0.3 is 9.97 Å². The molecule has 112 valence electrons. The highest BCUT2D eigenvalue weighted by Crippen LogP contribution is 2.40. The predicted octanol–water partition coefficient (Wildman–Crippen LogP) is 4.46. The Morgan fingerprint density at radius 2 is 1.58 bits per heavy atom. The summed E-state index contributed by atoms with van der Waals surface area (Å²) in [6, 6.07) is 14.6. The fourth-order valence-electron chi connectivity index (χ4n) is 2.93. The van der Waals surface area contributed by atoms with Gasteiger partial charge in [-0.3, -0.25) is 0 Å². The van der Waals surface area contributed by atoms with Crippen LogP contribution in [0, 0.1) is 27.6 Å². The molecule has 0 spiro atoms. The van der Waals surface area contributed by atoms with Crippen LogP contribution in [-0.2, 0) is 0 Å². The number of aromatic amines is 2. The van der Waals surface area contributed by atoms with Crippen LogP contribution in [0.4, 0.5) is 5.69 Å². The molecule has 24 heavy (non-hydrogen) atoms. The number of fused-ring (bicyclic) bond motifs is 2. The third-order valence-corrected chi connectivity index (χ3v) is 4.07. The molecule has 0 aliphatic carbocycles. The fraction of sp³-hybridized carbons (Fsp3) is 0. The van der Waals surface area contributed by atoms with Gasteiger partial charge in [0.15, 0.2) is 0 Å². The normalized spacial score (nSPS) is 10.6. The molecular formula is C18H9N5O. The number of benzene rings is 2. The zero-order valence-electron chi connectivity index (χ0n) is 12.3. The Labute approximate surface area is 135 Å². The van der Waals surface area contributed by atoms with Crippen molar-refractivity contribution >= 4 is 27.5 Å². The Morgan fingerprint density at radius 1 is 0.917 bits per heavy atom. The molecule has 0 aliphatic heterocycles. The van der Waals surface area contributed by atoms with Crippen molar-refractivity contribution in [2.75, 3.05) is 0 Å². The van der Waals surface area contributed by atoms with Crippen LogP contribution in [0.1, 0.15) is 11.1 Å². The lowest BCUT2D eigenvalue weighted by Crippen LogP contribution is -1.78. The van der Waals surface area contributed by atoms with Crippen LogP contribution in [0.2, 0.25) is 0 Å². The van der Waals surface area contributed by atoms with E-state index in [4.69, 9.17) is 10.5 Å². The second-order valence-electron chi connectivity index (χ2n) is 5.39. The van der Waals surface area contributed by atoms with Crippen molar-refractivity contribution in [3.63, 3.8) is 0 Å². The van der Waals surface area contributed by atoms with Gasteiger partial charge in [-0.15, -0.1) is 4.91 Å². The summed E-state index contributed by atoms with van der Waals surface area (Å²) in [5.41, 5.74) is 4.16. The van der Waals surface area contributed by atoms with E-state index in [1.807, 2.05) is 6.07 Å². The largest absolute Gasteiger partial charge is 0.360 e. The second kappa shape index (κ2) is 5.08. The monoisotopic (exact) mass is 311 g/mol. The number of nitriles is 2. The van der Waals surface area contributed by atoms with Crippen LogP contribution in [0.15, 0.2) is 47.8 Å². The van der Waals surface area contributed by atoms with Crippen molar-refractivity contribution in [3.05, 3.63) is 58.6 Å². The van der Waals surface area contributed by atoms with Crippen LogP contribution in [0.25, 0.3) is 33.1 Å². The summed E-state index contributed by atoms with van der Waals surface area (Å²) in [5.74, 6) is 0. The van der Waals surface area contributed by atoms with Crippen molar-refractivity contribution in [1.29, 1.82) is 10.5 Å². The van der Waals surface area contributed by atoms with Crippen LogP contribution < -0.4 is 0 Å². The maximum absolute atomic E-state index is 11.4. The van der Waals surface area contributed by atoms with Crippen LogP contribution in [0.5, 0.6) is 0 Å². The highest BCUT2D eigenvalue weighted by molar-refractivity contribution is 6.05. The lowest BCUT2D eigenvalue weighted by Gasteiger charge is -1.98. The third-order valence-electron chi connectivity index (χ3n) is 4.07. The summed E-state index contributed by atoms with van der Waals surface area (Å²) in [4.78, 5) is 17.8. The third kappa shape index (κ3) is 1.88. The molecule has 0 unspecified atom stereocenters. The number of nitrogens with zero attached hydrogens (tertiary/aromatic N) is 3. The van der Waals surface area contributed by atoms with Gasteiger partial charge in [0.05, 0.1) is 29.0 Å². The number of hydrogen-bond donors (Lipinski definition) is 2. The fourth-order valence-corrected chi connectivity index (χ4v) is 2.93. The lowest BCUT2D eigenvalue weighted by molar-refractivity contribution is 1.42. The van der Waals surface area contributed by atoms with Gasteiger partial charge in [-0.25, -0.2) is 0 Å². The van der Waals surface area contributed by atoms with Crippen molar-refractivity contribution in [3.8, 4) is 23.4 Å². The van der Waals surface area contributed by atoms with Gasteiger partial charge in [0.25, 0.3) is 0 Å². The molecule has 0 saturated heterocycles. The van der Waals surface area contributed by atoms with Crippen LogP contribution in [-0.4, -0.2) is 9.97 Å². The Balaban J connectivity index is 2.05. The molecule has 2 aromatic carbocycles. The molecule has 0 saturated carbocycles. The van der Waals surface area contributed by atoms with E-state index >= 15 is 0 Å². The van der Waals surface area contributed by atoms with Gasteiger partial charge in [0.1, 0.15) is 5.69 Å². The predicted molar refractivity (Wildman–Crippen MR) is 90.5 cm³/mol. The summed E-state index contributed by atoms with van der Waals surface area (Å²) >= 11 is 0. The maximum Gasteiger partial charge on any atom is 0.141 e. The second-order valence-corrected chi connectivity index (χ2v) is 5.39. The van der Waals surface area contributed by atoms with Crippen LogP contribution >= 0.6 is 0 Å². The molecule has 2 aromatic heterocycles. The van der Waals surface area contributed by atoms with Crippen molar-refractivity contribution in [2.24, 2.45) is 5.18 Å². The first-order chi connectivity index (χ1) is 11.7. The Bertz CT molecular complexity index is 1200. The molecule has 6 heteroatoms. The topological polar surface area (TPSA) is 109 Å². The minimum atomic E-state index is 0.255. The zero-order chi connectivity index (χ0) is 16.7. The number of rotatable bonds is 2. The molecule has 2 heterocycles. The van der Waals surface area contributed by atoms with E-state index < -0.39 is 0 Å². The zero-order valence-corrected chi connectivity index (χ0v) is 12.3. The van der Waals surface area contributed by atoms with Crippen molar-refractivity contribution in [2.45, 2.75) is 0 Å². The molecule has 6 nitrogen and oxygen atoms in total. The number of nitroso groups, excluding NO2 is 1. The molecular weight excluding hydrogens is 302 g/mol. The number of nitrogens with one attached hydrogen (secondary N) is 2. The smallest absolute Gasteiger partial charge is 0.141 e. The summed E-state index contributed by atoms with van der Waals surface area (Å²) in [5, 5.41) is 22.7. The highest BCUT2D eigenvalue weighted by Gasteiger charge is 2.17. The van der Waals surface area contributed by atoms with E-state index in [0.29, 0.717) is 22.2 Å². The van der Waals surface area contributed by atoms with Gasteiger partial charge >= 0.3 is 0 Å². The van der Waals surface area contributed by atoms with Crippen molar-refractivity contribution < 1.29 is 0 Å². The molecule has 0 amide bonds. The maximum atomic E-state index is 11.4. The summed E-state index contributed by atoms with van der Waals surface area (Å²) in [6.07, 6.45) is 1.77. The van der Waals surface area contributed by atoms with Gasteiger partial charge in [-0.2, -0.15) is 10.5 Å². The van der Waals surface area contributed by atoms with E-state index in [0.717, 1.165) is 22.0 Å². The van der Waals surface area contributed by atoms with Gasteiger partial charge in [0, 0.05) is 33.6 Å². The van der Waals surface area contributed by atoms with Gasteiger partial charge in [-0.05, 0) is 41.6 Å². The molecule has 0 radical (unpaired) electrons. The molecule has 0 bridgehead atoms. The molecule has 0 aliphatic rings. The first kappa shape index (κ1) is 13.7. The minimum absolute atomic E-state index is 0.255. The molecule has 4 aromatic rings. The van der Waals surface area contributed by atoms with Crippen molar-refractivity contribution in [1.82, 2.24) is 9.97 Å². The number of hydrogen-bond acceptors (Lipinski definition) is 4. The van der Waals surface area contributed by atoms with E-state index in [-0.39, 0.29) is 5.69 Å². The first-order valence-electron chi connectivity index (χ1n) is 7.16. The van der Waals surface area contributed by atoms with Crippen LogP contribution in [0.3, 0.4) is 0 Å². The van der Waals surface area contributed by atoms with E-state index in [9.17, 15) is 4.91 Å². The number of H-pyrrole nitrogens is 2. The summed E-state index contributed by atoms with van der Waals surface area (Å²) < 4.78 is 0. The first-order valence-corrected chi connectivity index (χ1v) is 7.16. The molecule has 4 rings (SSSR count). The molecule has 2 N–H and O–H groups in total. The average molecular weight is 311 g/mol. The van der Waals surface area contributed by atoms with E-state index in [2.05, 4.69) is 27.3 Å². The standard InChI is InChI=1S/C18H9N5O/c19-7-10-1-3-15-12(5-10)14(9-21-15)17-18(23-24)13-6-11(8-20)2-4-16(13)22-17/h1-6,9,21-22H. The Kier molecular flexibility index (Phi) is 2.91. The summed E-state index contributed by atoms with van der Waals surface area (Å²) in [7, 11) is 0. The quantitative estimate of drug-likeness (QED) is 0.533. The van der Waals surface area contributed by atoms with E-state index in [1.54, 1.807) is 36.5 Å². The van der Waals surface area contributed by atoms with Gasteiger partial charge in [-0.1, -0.05) is 0 Å². The highest BCUT2D eigenvalue weighted by atomic mass is 16.3. The summed E-state index contributed by atoms with van der Waals surface area (Å²) in [6.45, 7) is 0. The van der Waals surface area contributed by atoms with E-state index in [1.165, 1.54) is 0 Å². The lowest BCUT2D eigenvalue weighted by atomic mass is 10.1. The Hall–Kier alpha value is -3.90. The SMILES string of the molecule is N#Cc1ccc2[nH]cc(-c3[nH]c4ccc(C#N)cc4c3N=O)c2c1. The Morgan fingerprint density at radius 3 is 2.25 bits per heavy atom. The minimum Gasteiger partial charge on any atom is -0.360 e. The number of aromatic nitrogens is 2. The van der Waals surface area contributed by atoms with Gasteiger partial charge in [0.2, 0.25) is 0 Å².